The molecule has 0 aliphatic carbocycles. The highest BCUT2D eigenvalue weighted by molar-refractivity contribution is 6.32. The Kier molecular flexibility index (Phi) is 6.10. The molecule has 1 aliphatic heterocycles. The van der Waals surface area contributed by atoms with Crippen molar-refractivity contribution in [2.75, 3.05) is 26.2 Å². The highest BCUT2D eigenvalue weighted by atomic mass is 35.5. The molecule has 148 valence electrons. The fraction of sp³-hybridized carbons (Fsp3) is 0.333. The summed E-state index contributed by atoms with van der Waals surface area (Å²) in [6, 6.07) is 18.3. The van der Waals surface area contributed by atoms with Gasteiger partial charge in [-0.1, -0.05) is 41.9 Å². The lowest BCUT2D eigenvalue weighted by Crippen LogP contribution is -2.30. The average molecular weight is 405 g/mol. The van der Waals surface area contributed by atoms with E-state index in [0.29, 0.717) is 5.56 Å². The maximum atomic E-state index is 8.95. The van der Waals surface area contributed by atoms with Gasteiger partial charge in [-0.05, 0) is 55.8 Å². The summed E-state index contributed by atoms with van der Waals surface area (Å²) in [4.78, 5) is 9.80. The normalized spacial score (nSPS) is 15.9. The molecule has 0 bridgehead atoms. The monoisotopic (exact) mass is 404 g/mol. The molecule has 0 radical (unpaired) electrons. The van der Waals surface area contributed by atoms with Gasteiger partial charge in [0.1, 0.15) is 0 Å². The number of rotatable bonds is 4. The molecular formula is C24H25ClN4. The summed E-state index contributed by atoms with van der Waals surface area (Å²) in [6.45, 7) is 7.94. The van der Waals surface area contributed by atoms with Gasteiger partial charge in [0.05, 0.1) is 27.9 Å². The minimum atomic E-state index is 0.714. The second-order valence-corrected chi connectivity index (χ2v) is 8.11. The van der Waals surface area contributed by atoms with Gasteiger partial charge >= 0.3 is 0 Å². The zero-order chi connectivity index (χ0) is 20.2. The standard InChI is InChI=1S/C24H25ClN4/c1-18-21-5-2-3-6-22(21)27-23(24(18)25)17-29-12-4-11-28(13-14-29)16-20-9-7-19(15-26)8-10-20/h2-3,5-10H,4,11-14,16-17H2,1H3. The number of para-hydroxylation sites is 1. The largest absolute Gasteiger partial charge is 0.298 e. The highest BCUT2D eigenvalue weighted by Crippen LogP contribution is 2.28. The predicted molar refractivity (Wildman–Crippen MR) is 118 cm³/mol. The highest BCUT2D eigenvalue weighted by Gasteiger charge is 2.18. The van der Waals surface area contributed by atoms with Gasteiger partial charge < -0.3 is 0 Å². The first kappa shape index (κ1) is 19.8. The van der Waals surface area contributed by atoms with Crippen LogP contribution in [-0.2, 0) is 13.1 Å². The fourth-order valence-corrected chi connectivity index (χ4v) is 4.22. The van der Waals surface area contributed by atoms with Gasteiger partial charge in [0.25, 0.3) is 0 Å². The summed E-state index contributed by atoms with van der Waals surface area (Å²) >= 11 is 6.67. The molecule has 4 nitrogen and oxygen atoms in total. The number of halogens is 1. The van der Waals surface area contributed by atoms with E-state index < -0.39 is 0 Å². The van der Waals surface area contributed by atoms with Crippen LogP contribution in [0, 0.1) is 18.3 Å². The van der Waals surface area contributed by atoms with E-state index in [1.165, 1.54) is 5.56 Å². The molecule has 2 aromatic carbocycles. The van der Waals surface area contributed by atoms with Crippen molar-refractivity contribution in [1.29, 1.82) is 5.26 Å². The first-order valence-electron chi connectivity index (χ1n) is 10.1. The molecule has 0 amide bonds. The van der Waals surface area contributed by atoms with Gasteiger partial charge in [0.15, 0.2) is 0 Å². The van der Waals surface area contributed by atoms with Gasteiger partial charge in [0, 0.05) is 31.6 Å². The summed E-state index contributed by atoms with van der Waals surface area (Å²) < 4.78 is 0. The molecular weight excluding hydrogens is 380 g/mol. The Morgan fingerprint density at radius 3 is 2.38 bits per heavy atom. The van der Waals surface area contributed by atoms with Gasteiger partial charge in [-0.2, -0.15) is 5.26 Å². The summed E-state index contributed by atoms with van der Waals surface area (Å²) in [7, 11) is 0. The number of hydrogen-bond acceptors (Lipinski definition) is 4. The Hall–Kier alpha value is -2.45. The van der Waals surface area contributed by atoms with Crippen LogP contribution in [0.2, 0.25) is 5.02 Å². The number of nitriles is 1. The zero-order valence-corrected chi connectivity index (χ0v) is 17.5. The van der Waals surface area contributed by atoms with E-state index in [4.69, 9.17) is 21.8 Å². The molecule has 1 aliphatic rings. The first-order chi connectivity index (χ1) is 14.1. The van der Waals surface area contributed by atoms with Crippen LogP contribution in [0.4, 0.5) is 0 Å². The topological polar surface area (TPSA) is 43.2 Å². The minimum Gasteiger partial charge on any atom is -0.298 e. The van der Waals surface area contributed by atoms with Crippen LogP contribution < -0.4 is 0 Å². The maximum absolute atomic E-state index is 8.95. The average Bonchev–Trinajstić information content (AvgIpc) is 2.97. The molecule has 5 heteroatoms. The van der Waals surface area contributed by atoms with Crippen molar-refractivity contribution in [1.82, 2.24) is 14.8 Å². The van der Waals surface area contributed by atoms with E-state index in [-0.39, 0.29) is 0 Å². The third-order valence-corrected chi connectivity index (χ3v) is 6.19. The molecule has 0 atom stereocenters. The minimum absolute atomic E-state index is 0.714. The molecule has 1 saturated heterocycles. The van der Waals surface area contributed by atoms with Crippen molar-refractivity contribution in [2.45, 2.75) is 26.4 Å². The number of pyridine rings is 1. The van der Waals surface area contributed by atoms with Crippen molar-refractivity contribution in [2.24, 2.45) is 0 Å². The van der Waals surface area contributed by atoms with Crippen LogP contribution >= 0.6 is 11.6 Å². The van der Waals surface area contributed by atoms with E-state index in [0.717, 1.165) is 72.9 Å². The van der Waals surface area contributed by atoms with Crippen molar-refractivity contribution in [3.8, 4) is 6.07 Å². The number of hydrogen-bond donors (Lipinski definition) is 0. The Bertz CT molecular complexity index is 1040. The second kappa shape index (κ2) is 8.92. The third kappa shape index (κ3) is 4.59. The molecule has 2 heterocycles. The number of aryl methyl sites for hydroxylation is 1. The lowest BCUT2D eigenvalue weighted by molar-refractivity contribution is 0.246. The van der Waals surface area contributed by atoms with Gasteiger partial charge in [-0.15, -0.1) is 0 Å². The van der Waals surface area contributed by atoms with Crippen LogP contribution in [-0.4, -0.2) is 41.0 Å². The molecule has 0 saturated carbocycles. The van der Waals surface area contributed by atoms with E-state index in [1.54, 1.807) is 0 Å². The number of benzene rings is 2. The smallest absolute Gasteiger partial charge is 0.0991 e. The summed E-state index contributed by atoms with van der Waals surface area (Å²) in [5.41, 5.74) is 5.08. The Balaban J connectivity index is 1.42. The summed E-state index contributed by atoms with van der Waals surface area (Å²) in [6.07, 6.45) is 1.13. The zero-order valence-electron chi connectivity index (χ0n) is 16.7. The van der Waals surface area contributed by atoms with Gasteiger partial charge in [-0.25, -0.2) is 4.98 Å². The summed E-state index contributed by atoms with van der Waals surface area (Å²) in [5, 5.41) is 10.9. The predicted octanol–water partition coefficient (Wildman–Crippen LogP) is 4.78. The quantitative estimate of drug-likeness (QED) is 0.627. The van der Waals surface area contributed by atoms with E-state index >= 15 is 0 Å². The van der Waals surface area contributed by atoms with Crippen LogP contribution in [0.3, 0.4) is 0 Å². The second-order valence-electron chi connectivity index (χ2n) is 7.73. The van der Waals surface area contributed by atoms with Crippen molar-refractivity contribution < 1.29 is 0 Å². The van der Waals surface area contributed by atoms with Crippen molar-refractivity contribution >= 4 is 22.5 Å². The van der Waals surface area contributed by atoms with Crippen LogP contribution in [0.25, 0.3) is 10.9 Å². The lowest BCUT2D eigenvalue weighted by atomic mass is 10.1. The van der Waals surface area contributed by atoms with Crippen LogP contribution in [0.15, 0.2) is 48.5 Å². The van der Waals surface area contributed by atoms with Crippen molar-refractivity contribution in [3.05, 3.63) is 75.9 Å². The van der Waals surface area contributed by atoms with Gasteiger partial charge in [0.2, 0.25) is 0 Å². The SMILES string of the molecule is Cc1c(Cl)c(CN2CCCN(Cc3ccc(C#N)cc3)CC2)nc2ccccc12. The Labute approximate surface area is 177 Å². The molecule has 4 rings (SSSR count). The molecule has 0 N–H and O–H groups in total. The number of aromatic nitrogens is 1. The van der Waals surface area contributed by atoms with Gasteiger partial charge in [-0.3, -0.25) is 9.80 Å². The molecule has 29 heavy (non-hydrogen) atoms. The first-order valence-corrected chi connectivity index (χ1v) is 10.5. The van der Waals surface area contributed by atoms with Crippen molar-refractivity contribution in [3.63, 3.8) is 0 Å². The van der Waals surface area contributed by atoms with E-state index in [2.05, 4.69) is 47.1 Å². The van der Waals surface area contributed by atoms with Crippen LogP contribution in [0.1, 0.15) is 28.8 Å². The Morgan fingerprint density at radius 1 is 0.966 bits per heavy atom. The maximum Gasteiger partial charge on any atom is 0.0991 e. The molecule has 3 aromatic rings. The van der Waals surface area contributed by atoms with E-state index in [1.807, 2.05) is 24.3 Å². The third-order valence-electron chi connectivity index (χ3n) is 5.69. The molecule has 1 aromatic heterocycles. The lowest BCUT2D eigenvalue weighted by Gasteiger charge is -2.22. The van der Waals surface area contributed by atoms with Crippen LogP contribution in [0.5, 0.6) is 0 Å². The Morgan fingerprint density at radius 2 is 1.66 bits per heavy atom. The summed E-state index contributed by atoms with van der Waals surface area (Å²) in [5.74, 6) is 0. The molecule has 0 unspecified atom stereocenters. The number of nitrogens with zero attached hydrogens (tertiary/aromatic N) is 4. The fourth-order valence-electron chi connectivity index (χ4n) is 4.02. The molecule has 0 spiro atoms. The molecule has 1 fully saturated rings. The number of fused-ring (bicyclic) bond motifs is 1. The van der Waals surface area contributed by atoms with E-state index in [9.17, 15) is 0 Å².